The Morgan fingerprint density at radius 3 is 0.936 bits per heavy atom. The highest BCUT2D eigenvalue weighted by molar-refractivity contribution is 7.47. The van der Waals surface area contributed by atoms with Gasteiger partial charge in [-0.3, -0.25) is 18.6 Å². The van der Waals surface area contributed by atoms with E-state index >= 15 is 0 Å². The molecule has 0 radical (unpaired) electrons. The Kier molecular flexibility index (Phi) is 70.4. The third kappa shape index (κ3) is 77.2. The lowest BCUT2D eigenvalue weighted by Crippen LogP contribution is -2.37. The van der Waals surface area contributed by atoms with Gasteiger partial charge >= 0.3 is 19.8 Å². The first-order valence-corrected chi connectivity index (χ1v) is 40.4. The molecule has 0 aliphatic carbocycles. The van der Waals surface area contributed by atoms with Gasteiger partial charge in [-0.25, -0.2) is 4.57 Å². The van der Waals surface area contributed by atoms with Crippen LogP contribution in [-0.4, -0.2) is 74.9 Å². The van der Waals surface area contributed by atoms with Crippen LogP contribution in [0.4, 0.5) is 0 Å². The minimum atomic E-state index is -4.42. The van der Waals surface area contributed by atoms with E-state index in [9.17, 15) is 19.0 Å². The largest absolute Gasteiger partial charge is 0.472 e. The maximum Gasteiger partial charge on any atom is 0.472 e. The first kappa shape index (κ1) is 90.2. The molecule has 1 N–H and O–H groups in total. The van der Waals surface area contributed by atoms with Gasteiger partial charge in [-0.05, 0) is 116 Å². The van der Waals surface area contributed by atoms with Gasteiger partial charge in [-0.2, -0.15) is 0 Å². The third-order valence-electron chi connectivity index (χ3n) is 16.7. The number of carbonyl (C=O) groups is 2. The Morgan fingerprint density at radius 1 is 0.340 bits per heavy atom. The molecule has 540 valence electrons. The number of hydrogen-bond acceptors (Lipinski definition) is 7. The van der Waals surface area contributed by atoms with Crippen molar-refractivity contribution in [2.75, 3.05) is 47.5 Å². The molecule has 0 fully saturated rings. The highest BCUT2D eigenvalue weighted by Crippen LogP contribution is 2.43. The van der Waals surface area contributed by atoms with Crippen LogP contribution in [0, 0.1) is 0 Å². The van der Waals surface area contributed by atoms with Crippen LogP contribution in [-0.2, 0) is 32.7 Å². The van der Waals surface area contributed by atoms with E-state index in [0.29, 0.717) is 17.4 Å². The lowest BCUT2D eigenvalue weighted by atomic mass is 10.0. The monoisotopic (exact) mass is 1330 g/mol. The van der Waals surface area contributed by atoms with Crippen LogP contribution in [0.2, 0.25) is 0 Å². The van der Waals surface area contributed by atoms with Gasteiger partial charge in [-0.1, -0.05) is 340 Å². The van der Waals surface area contributed by atoms with Crippen LogP contribution in [0.3, 0.4) is 0 Å². The fourth-order valence-corrected chi connectivity index (χ4v) is 11.5. The van der Waals surface area contributed by atoms with Crippen LogP contribution < -0.4 is 0 Å². The van der Waals surface area contributed by atoms with Crippen LogP contribution in [0.15, 0.2) is 134 Å². The minimum Gasteiger partial charge on any atom is -0.462 e. The van der Waals surface area contributed by atoms with Gasteiger partial charge in [-0.15, -0.1) is 0 Å². The number of allylic oxidation sites excluding steroid dienone is 22. The summed E-state index contributed by atoms with van der Waals surface area (Å²) in [6.07, 6.45) is 107. The fraction of sp³-hybridized carbons (Fsp3) is 0.714. The Hall–Kier alpha value is -3.85. The molecule has 0 aliphatic heterocycles. The maximum atomic E-state index is 12.9. The van der Waals surface area contributed by atoms with E-state index < -0.39 is 26.5 Å². The molecule has 0 aliphatic rings. The summed E-state index contributed by atoms with van der Waals surface area (Å²) in [7, 11) is 1.44. The van der Waals surface area contributed by atoms with Crippen LogP contribution in [0.1, 0.15) is 335 Å². The van der Waals surface area contributed by atoms with Crippen LogP contribution >= 0.6 is 7.82 Å². The summed E-state index contributed by atoms with van der Waals surface area (Å²) in [5.41, 5.74) is 0. The van der Waals surface area contributed by atoms with Gasteiger partial charge < -0.3 is 18.9 Å². The van der Waals surface area contributed by atoms with Crippen molar-refractivity contribution in [2.45, 2.75) is 341 Å². The number of carbonyl (C=O) groups excluding carboxylic acids is 2. The molecule has 2 atom stereocenters. The standard InChI is InChI=1S/C84H146NO8P/c1-6-8-10-12-14-16-18-20-22-24-26-28-30-32-34-36-38-40-41-42-43-45-46-48-50-52-54-56-58-60-62-64-66-68-70-72-74-76-83(86)90-80-82(81-92-94(88,89)91-79-78-85(3,4)5)93-84(87)77-75-73-71-69-67-65-63-61-59-57-55-53-51-49-47-44-39-37-35-33-31-29-27-25-23-21-19-17-15-13-11-9-7-2/h9,11,15,17,21,23-24,26-27,29,33,35,39,44,49,51,55,57,61,63,67,69,82H,6-8,10,12-14,16,18-20,22,25,28,30-32,34,36-38,40-43,45-48,50,52-54,56,58-60,62,64-66,68,70-81H2,1-5H3/p+1/b11-9-,17-15-,23-21-,26-24-,29-27-,35-33-,44-39-,51-49-,57-55-,63-61-,69-67-. The highest BCUT2D eigenvalue weighted by atomic mass is 31.2. The van der Waals surface area contributed by atoms with E-state index in [1.807, 2.05) is 21.1 Å². The number of phosphoric ester groups is 1. The maximum absolute atomic E-state index is 12.9. The zero-order valence-electron chi connectivity index (χ0n) is 61.7. The van der Waals surface area contributed by atoms with Crippen molar-refractivity contribution in [2.24, 2.45) is 0 Å². The topological polar surface area (TPSA) is 108 Å². The second kappa shape index (κ2) is 73.4. The van der Waals surface area contributed by atoms with E-state index in [1.165, 1.54) is 205 Å². The van der Waals surface area contributed by atoms with E-state index in [0.717, 1.165) is 96.3 Å². The highest BCUT2D eigenvalue weighted by Gasteiger charge is 2.27. The van der Waals surface area contributed by atoms with Crippen molar-refractivity contribution >= 4 is 19.8 Å². The zero-order chi connectivity index (χ0) is 68.3. The Bertz CT molecular complexity index is 2050. The number of unbranched alkanes of at least 4 members (excludes halogenated alkanes) is 35. The van der Waals surface area contributed by atoms with Crippen molar-refractivity contribution in [1.29, 1.82) is 0 Å². The molecule has 0 rings (SSSR count). The quantitative estimate of drug-likeness (QED) is 0.0211. The summed E-state index contributed by atoms with van der Waals surface area (Å²) >= 11 is 0. The molecule has 0 bridgehead atoms. The lowest BCUT2D eigenvalue weighted by Gasteiger charge is -2.24. The predicted molar refractivity (Wildman–Crippen MR) is 408 cm³/mol. The smallest absolute Gasteiger partial charge is 0.462 e. The van der Waals surface area contributed by atoms with Gasteiger partial charge in [0.15, 0.2) is 6.10 Å². The Morgan fingerprint density at radius 2 is 0.606 bits per heavy atom. The Labute approximate surface area is 581 Å². The summed E-state index contributed by atoms with van der Waals surface area (Å²) in [4.78, 5) is 35.9. The molecule has 0 spiro atoms. The summed E-state index contributed by atoms with van der Waals surface area (Å²) in [6, 6.07) is 0. The summed E-state index contributed by atoms with van der Waals surface area (Å²) in [6.45, 7) is 4.29. The molecule has 2 unspecified atom stereocenters. The van der Waals surface area contributed by atoms with Gasteiger partial charge in [0.25, 0.3) is 0 Å². The van der Waals surface area contributed by atoms with Crippen molar-refractivity contribution < 1.29 is 42.1 Å². The SMILES string of the molecule is CC/C=C\C/C=C\C/C=C\C/C=C\C/C=C\C/C=C\C/C=C\C/C=C\C/C=C\C/C=C\CCCCC(=O)OC(COC(=O)CCCCCCCCCCCCCCCCCCCCCCCCCCC/C=C\CCCCCCCCCC)COP(=O)(O)OCC[N+](C)(C)C. The molecule has 0 heterocycles. The predicted octanol–water partition coefficient (Wildman–Crippen LogP) is 25.9. The molecule has 0 aromatic heterocycles. The molecular formula is C84H147NO8P+. The lowest BCUT2D eigenvalue weighted by molar-refractivity contribution is -0.870. The van der Waals surface area contributed by atoms with Crippen molar-refractivity contribution in [3.63, 3.8) is 0 Å². The van der Waals surface area contributed by atoms with Gasteiger partial charge in [0, 0.05) is 12.8 Å². The van der Waals surface area contributed by atoms with Crippen molar-refractivity contribution in [3.05, 3.63) is 134 Å². The number of likely N-dealkylation sites (N-methyl/N-ethyl adjacent to an activating group) is 1. The molecule has 0 saturated carbocycles. The van der Waals surface area contributed by atoms with Gasteiger partial charge in [0.05, 0.1) is 27.7 Å². The molecule has 0 saturated heterocycles. The molecule has 9 nitrogen and oxygen atoms in total. The fourth-order valence-electron chi connectivity index (χ4n) is 10.7. The first-order chi connectivity index (χ1) is 46.0. The third-order valence-corrected chi connectivity index (χ3v) is 17.6. The summed E-state index contributed by atoms with van der Waals surface area (Å²) in [5, 5.41) is 0. The van der Waals surface area contributed by atoms with Crippen molar-refractivity contribution in [3.8, 4) is 0 Å². The number of hydrogen-bond donors (Lipinski definition) is 1. The molecular weight excluding hydrogens is 1180 g/mol. The molecule has 0 aromatic rings. The molecule has 0 aromatic carbocycles. The van der Waals surface area contributed by atoms with Crippen LogP contribution in [0.5, 0.6) is 0 Å². The van der Waals surface area contributed by atoms with Gasteiger partial charge in [0.1, 0.15) is 19.8 Å². The van der Waals surface area contributed by atoms with Crippen molar-refractivity contribution in [1.82, 2.24) is 0 Å². The second-order valence-corrected chi connectivity index (χ2v) is 28.5. The molecule has 0 amide bonds. The van der Waals surface area contributed by atoms with Crippen LogP contribution in [0.25, 0.3) is 0 Å². The average Bonchev–Trinajstić information content (AvgIpc) is 1.56. The normalized spacial score (nSPS) is 13.8. The molecule has 94 heavy (non-hydrogen) atoms. The number of nitrogens with zero attached hydrogens (tertiary/aromatic N) is 1. The second-order valence-electron chi connectivity index (χ2n) is 27.0. The van der Waals surface area contributed by atoms with E-state index in [1.54, 1.807) is 0 Å². The number of rotatable bonds is 71. The number of ether oxygens (including phenoxy) is 2. The number of esters is 2. The average molecular weight is 1330 g/mol. The first-order valence-electron chi connectivity index (χ1n) is 38.9. The minimum absolute atomic E-state index is 0.0175. The number of quaternary nitrogens is 1. The number of phosphoric acid groups is 1. The van der Waals surface area contributed by atoms with Gasteiger partial charge in [0.2, 0.25) is 0 Å². The summed E-state index contributed by atoms with van der Waals surface area (Å²) in [5.74, 6) is -0.846. The summed E-state index contributed by atoms with van der Waals surface area (Å²) < 4.78 is 34.7. The van der Waals surface area contributed by atoms with E-state index in [2.05, 4.69) is 148 Å². The van der Waals surface area contributed by atoms with E-state index in [-0.39, 0.29) is 32.0 Å². The molecule has 10 heteroatoms. The van der Waals surface area contributed by atoms with E-state index in [4.69, 9.17) is 18.5 Å². The zero-order valence-corrected chi connectivity index (χ0v) is 62.6. The Balaban J connectivity index is 4.06.